The van der Waals surface area contributed by atoms with E-state index in [1.54, 1.807) is 38.4 Å². The van der Waals surface area contributed by atoms with Crippen LogP contribution in [-0.4, -0.2) is 84.2 Å². The van der Waals surface area contributed by atoms with Crippen LogP contribution in [0.2, 0.25) is 0 Å². The van der Waals surface area contributed by atoms with Crippen molar-refractivity contribution < 1.29 is 22.7 Å². The highest BCUT2D eigenvalue weighted by atomic mass is 32.2. The van der Waals surface area contributed by atoms with E-state index in [2.05, 4.69) is 16.0 Å². The number of nitriles is 1. The Labute approximate surface area is 251 Å². The lowest BCUT2D eigenvalue weighted by atomic mass is 9.95. The Kier molecular flexibility index (Phi) is 9.03. The number of anilines is 1. The highest BCUT2D eigenvalue weighted by molar-refractivity contribution is 7.89. The predicted octanol–water partition coefficient (Wildman–Crippen LogP) is 3.33. The predicted molar refractivity (Wildman–Crippen MR) is 160 cm³/mol. The maximum Gasteiger partial charge on any atom is 0.416 e. The van der Waals surface area contributed by atoms with Crippen LogP contribution >= 0.6 is 0 Å². The van der Waals surface area contributed by atoms with Gasteiger partial charge in [0.1, 0.15) is 6.61 Å². The van der Waals surface area contributed by atoms with Gasteiger partial charge in [-0.05, 0) is 35.6 Å². The topological polar surface area (TPSA) is 137 Å². The first-order valence-corrected chi connectivity index (χ1v) is 15.9. The fraction of sp³-hybridized carbons (Fsp3) is 0.387. The van der Waals surface area contributed by atoms with E-state index in [9.17, 15) is 18.0 Å². The number of nitrogens with zero attached hydrogens (tertiary/aromatic N) is 6. The van der Waals surface area contributed by atoms with Gasteiger partial charge in [-0.1, -0.05) is 56.3 Å². The van der Waals surface area contributed by atoms with Crippen molar-refractivity contribution in [3.8, 4) is 17.2 Å². The van der Waals surface area contributed by atoms with Crippen LogP contribution in [0.3, 0.4) is 0 Å². The number of rotatable bonds is 9. The first-order chi connectivity index (χ1) is 20.7. The van der Waals surface area contributed by atoms with Gasteiger partial charge in [-0.15, -0.1) is 0 Å². The van der Waals surface area contributed by atoms with Crippen LogP contribution in [0.1, 0.15) is 25.0 Å². The minimum atomic E-state index is -3.81. The number of amides is 2. The Morgan fingerprint density at radius 1 is 1.00 bits per heavy atom. The fourth-order valence-electron chi connectivity index (χ4n) is 5.36. The number of sulfonamides is 1. The van der Waals surface area contributed by atoms with Crippen molar-refractivity contribution in [3.63, 3.8) is 0 Å². The average molecular weight is 603 g/mol. The highest BCUT2D eigenvalue weighted by Gasteiger charge is 2.43. The minimum Gasteiger partial charge on any atom is -0.447 e. The Balaban J connectivity index is 1.21. The molecule has 0 aliphatic carbocycles. The molecule has 0 saturated carbocycles. The molecule has 2 atom stereocenters. The summed E-state index contributed by atoms with van der Waals surface area (Å²) < 4.78 is 33.7. The molecular formula is C31H34N6O5S. The molecule has 5 rings (SSSR count). The average Bonchev–Trinajstić information content (AvgIpc) is 3.39. The number of carbonyl (C=O) groups is 2. The Morgan fingerprint density at radius 3 is 2.26 bits per heavy atom. The van der Waals surface area contributed by atoms with Gasteiger partial charge < -0.3 is 9.64 Å². The van der Waals surface area contributed by atoms with Crippen molar-refractivity contribution in [3.05, 3.63) is 78.1 Å². The normalized spacial score (nSPS) is 18.4. The molecule has 2 saturated heterocycles. The molecule has 2 amide bonds. The number of piperazine rings is 1. The van der Waals surface area contributed by atoms with Crippen LogP contribution in [0.25, 0.3) is 11.1 Å². The molecule has 0 radical (unpaired) electrons. The Hall–Kier alpha value is -4.34. The SMILES string of the molecule is CC(C)[C@@H](CS(=O)(=O)N1CCN(c2ncc(-c3ccc(C#N)cc3)cn2)CC1)C(=O)N1C(=O)OCC1Cc1ccccc1. The van der Waals surface area contributed by atoms with E-state index < -0.39 is 34.0 Å². The number of ether oxygens (including phenoxy) is 1. The summed E-state index contributed by atoms with van der Waals surface area (Å²) in [7, 11) is -3.81. The number of cyclic esters (lactones) is 1. The van der Waals surface area contributed by atoms with E-state index in [0.717, 1.165) is 21.6 Å². The third-order valence-electron chi connectivity index (χ3n) is 7.93. The summed E-state index contributed by atoms with van der Waals surface area (Å²) in [5.74, 6) is -1.61. The third kappa shape index (κ3) is 6.84. The van der Waals surface area contributed by atoms with Crippen LogP contribution in [0.4, 0.5) is 10.7 Å². The van der Waals surface area contributed by atoms with E-state index in [1.165, 1.54) is 4.31 Å². The summed E-state index contributed by atoms with van der Waals surface area (Å²) in [6.07, 6.45) is 3.13. The summed E-state index contributed by atoms with van der Waals surface area (Å²) in [6, 6.07) is 18.3. The second kappa shape index (κ2) is 12.9. The summed E-state index contributed by atoms with van der Waals surface area (Å²) >= 11 is 0. The molecule has 2 aliphatic rings. The van der Waals surface area contributed by atoms with Crippen molar-refractivity contribution in [1.29, 1.82) is 5.26 Å². The van der Waals surface area contributed by atoms with E-state index >= 15 is 0 Å². The molecule has 2 aromatic carbocycles. The van der Waals surface area contributed by atoms with Gasteiger partial charge in [0.2, 0.25) is 21.9 Å². The lowest BCUT2D eigenvalue weighted by Gasteiger charge is -2.35. The first-order valence-electron chi connectivity index (χ1n) is 14.3. The van der Waals surface area contributed by atoms with Crippen LogP contribution < -0.4 is 4.90 Å². The van der Waals surface area contributed by atoms with Gasteiger partial charge in [0.15, 0.2) is 0 Å². The smallest absolute Gasteiger partial charge is 0.416 e. The van der Waals surface area contributed by atoms with Gasteiger partial charge >= 0.3 is 6.09 Å². The van der Waals surface area contributed by atoms with Gasteiger partial charge in [-0.3, -0.25) is 4.79 Å². The monoisotopic (exact) mass is 602 g/mol. The molecular weight excluding hydrogens is 568 g/mol. The van der Waals surface area contributed by atoms with Crippen LogP contribution in [0, 0.1) is 23.2 Å². The van der Waals surface area contributed by atoms with Crippen molar-refractivity contribution in [2.24, 2.45) is 11.8 Å². The highest BCUT2D eigenvalue weighted by Crippen LogP contribution is 2.26. The quantitative estimate of drug-likeness (QED) is 0.361. The summed E-state index contributed by atoms with van der Waals surface area (Å²) in [4.78, 5) is 38.3. The molecule has 12 heteroatoms. The molecule has 1 unspecified atom stereocenters. The van der Waals surface area contributed by atoms with Crippen LogP contribution in [0.15, 0.2) is 67.0 Å². The van der Waals surface area contributed by atoms with E-state index in [0.29, 0.717) is 31.0 Å². The molecule has 0 bridgehead atoms. The fourth-order valence-corrected chi connectivity index (χ4v) is 7.28. The molecule has 0 N–H and O–H groups in total. The number of imide groups is 1. The maximum absolute atomic E-state index is 13.7. The van der Waals surface area contributed by atoms with Crippen molar-refractivity contribution in [1.82, 2.24) is 19.2 Å². The zero-order valence-corrected chi connectivity index (χ0v) is 25.0. The number of hydrogen-bond donors (Lipinski definition) is 0. The Morgan fingerprint density at radius 2 is 1.65 bits per heavy atom. The van der Waals surface area contributed by atoms with Gasteiger partial charge in [0.25, 0.3) is 0 Å². The number of benzene rings is 2. The minimum absolute atomic E-state index is 0.0789. The van der Waals surface area contributed by atoms with Crippen molar-refractivity contribution in [2.75, 3.05) is 43.4 Å². The molecule has 43 heavy (non-hydrogen) atoms. The molecule has 1 aromatic heterocycles. The number of aromatic nitrogens is 2. The summed E-state index contributed by atoms with van der Waals surface area (Å²) in [5, 5.41) is 8.99. The van der Waals surface area contributed by atoms with Crippen LogP contribution in [0.5, 0.6) is 0 Å². The first kappa shape index (κ1) is 30.1. The number of carbonyl (C=O) groups excluding carboxylic acids is 2. The van der Waals surface area contributed by atoms with E-state index in [-0.39, 0.29) is 31.4 Å². The van der Waals surface area contributed by atoms with Gasteiger partial charge in [0, 0.05) is 44.1 Å². The van der Waals surface area contributed by atoms with Gasteiger partial charge in [-0.25, -0.2) is 28.1 Å². The van der Waals surface area contributed by atoms with E-state index in [4.69, 9.17) is 10.00 Å². The number of hydrogen-bond acceptors (Lipinski definition) is 9. The lowest BCUT2D eigenvalue weighted by Crippen LogP contribution is -2.52. The van der Waals surface area contributed by atoms with E-state index in [1.807, 2.05) is 47.4 Å². The lowest BCUT2D eigenvalue weighted by molar-refractivity contribution is -0.134. The molecule has 0 spiro atoms. The Bertz CT molecular complexity index is 1580. The molecule has 224 valence electrons. The zero-order valence-electron chi connectivity index (χ0n) is 24.2. The summed E-state index contributed by atoms with van der Waals surface area (Å²) in [5.41, 5.74) is 3.24. The van der Waals surface area contributed by atoms with Gasteiger partial charge in [0.05, 0.1) is 29.3 Å². The zero-order chi connectivity index (χ0) is 30.6. The second-order valence-electron chi connectivity index (χ2n) is 11.1. The summed E-state index contributed by atoms with van der Waals surface area (Å²) in [6.45, 7) is 4.91. The molecule has 3 heterocycles. The molecule has 11 nitrogen and oxygen atoms in total. The van der Waals surface area contributed by atoms with Crippen molar-refractivity contribution >= 4 is 28.0 Å². The molecule has 2 aliphatic heterocycles. The molecule has 2 fully saturated rings. The van der Waals surface area contributed by atoms with Crippen LogP contribution in [-0.2, 0) is 26.0 Å². The maximum atomic E-state index is 13.7. The second-order valence-corrected chi connectivity index (χ2v) is 13.1. The molecule has 3 aromatic rings. The third-order valence-corrected chi connectivity index (χ3v) is 9.86. The standard InChI is InChI=1S/C31H34N6O5S/c1-22(2)28(29(38)37-27(20-42-31(37)39)16-23-6-4-3-5-7-23)21-43(40,41)36-14-12-35(13-15-36)30-33-18-26(19-34-30)25-10-8-24(17-32)9-11-25/h3-11,18-19,22,27-28H,12-16,20-21H2,1-2H3/t27?,28-/m1/s1. The largest absolute Gasteiger partial charge is 0.447 e. The van der Waals surface area contributed by atoms with Crippen molar-refractivity contribution in [2.45, 2.75) is 26.3 Å². The van der Waals surface area contributed by atoms with Gasteiger partial charge in [-0.2, -0.15) is 9.57 Å².